The second-order valence-corrected chi connectivity index (χ2v) is 4.27. The predicted octanol–water partition coefficient (Wildman–Crippen LogP) is 0.831. The quantitative estimate of drug-likeness (QED) is 0.690. The molecule has 0 saturated heterocycles. The first-order valence-corrected chi connectivity index (χ1v) is 5.82. The van der Waals surface area contributed by atoms with E-state index in [0.29, 0.717) is 6.04 Å². The summed E-state index contributed by atoms with van der Waals surface area (Å²) in [7, 11) is 2.12. The van der Waals surface area contributed by atoms with E-state index in [4.69, 9.17) is 5.11 Å². The summed E-state index contributed by atoms with van der Waals surface area (Å²) >= 11 is 0. The first kappa shape index (κ1) is 12.0. The van der Waals surface area contributed by atoms with Crippen LogP contribution in [0.1, 0.15) is 32.6 Å². The summed E-state index contributed by atoms with van der Waals surface area (Å²) in [5.41, 5.74) is 0. The highest BCUT2D eigenvalue weighted by atomic mass is 16.3. The van der Waals surface area contributed by atoms with Crippen LogP contribution in [-0.2, 0) is 0 Å². The molecule has 1 aliphatic carbocycles. The fourth-order valence-corrected chi connectivity index (χ4v) is 2.35. The van der Waals surface area contributed by atoms with Crippen LogP contribution in [0.15, 0.2) is 0 Å². The van der Waals surface area contributed by atoms with Crippen molar-refractivity contribution < 1.29 is 5.11 Å². The van der Waals surface area contributed by atoms with Crippen LogP contribution in [0.3, 0.4) is 0 Å². The Balaban J connectivity index is 2.21. The molecule has 3 heteroatoms. The Bertz CT molecular complexity index is 144. The fraction of sp³-hybridized carbons (Fsp3) is 1.00. The van der Waals surface area contributed by atoms with Crippen molar-refractivity contribution in [3.8, 4) is 0 Å². The van der Waals surface area contributed by atoms with Gasteiger partial charge in [0.05, 0.1) is 6.61 Å². The van der Waals surface area contributed by atoms with E-state index < -0.39 is 0 Å². The van der Waals surface area contributed by atoms with Crippen LogP contribution in [0.25, 0.3) is 0 Å². The molecule has 0 heterocycles. The number of nitrogens with one attached hydrogen (secondary N) is 1. The molecule has 0 bridgehead atoms. The van der Waals surface area contributed by atoms with E-state index in [-0.39, 0.29) is 6.61 Å². The molecular formula is C11H24N2O. The highest BCUT2D eigenvalue weighted by Gasteiger charge is 2.22. The molecule has 0 radical (unpaired) electrons. The van der Waals surface area contributed by atoms with Gasteiger partial charge in [0.25, 0.3) is 0 Å². The lowest BCUT2D eigenvalue weighted by Crippen LogP contribution is -2.41. The number of aliphatic hydroxyl groups excluding tert-OH is 1. The summed E-state index contributed by atoms with van der Waals surface area (Å²) in [5, 5.41) is 12.4. The van der Waals surface area contributed by atoms with Gasteiger partial charge in [-0.2, -0.15) is 0 Å². The molecule has 0 amide bonds. The zero-order valence-corrected chi connectivity index (χ0v) is 9.50. The Morgan fingerprint density at radius 2 is 1.93 bits per heavy atom. The first-order valence-electron chi connectivity index (χ1n) is 5.82. The summed E-state index contributed by atoms with van der Waals surface area (Å²) in [4.78, 5) is 2.29. The number of likely N-dealkylation sites (N-methyl/N-ethyl adjacent to an activating group) is 1. The summed E-state index contributed by atoms with van der Waals surface area (Å²) in [6.45, 7) is 4.35. The number of hydrogen-bond acceptors (Lipinski definition) is 3. The highest BCUT2D eigenvalue weighted by molar-refractivity contribution is 4.81. The van der Waals surface area contributed by atoms with Crippen molar-refractivity contribution >= 4 is 0 Å². The Kier molecular flexibility index (Phi) is 5.45. The van der Waals surface area contributed by atoms with Crippen molar-refractivity contribution in [1.29, 1.82) is 0 Å². The molecule has 0 aromatic heterocycles. The van der Waals surface area contributed by atoms with Gasteiger partial charge in [0, 0.05) is 18.6 Å². The predicted molar refractivity (Wildman–Crippen MR) is 59.4 cm³/mol. The molecule has 0 atom stereocenters. The van der Waals surface area contributed by atoms with Crippen LogP contribution >= 0.6 is 0 Å². The molecule has 0 aliphatic heterocycles. The Morgan fingerprint density at radius 1 is 1.29 bits per heavy atom. The van der Waals surface area contributed by atoms with Gasteiger partial charge in [-0.3, -0.25) is 0 Å². The molecule has 0 aromatic carbocycles. The maximum Gasteiger partial charge on any atom is 0.0558 e. The van der Waals surface area contributed by atoms with Gasteiger partial charge in [0.2, 0.25) is 0 Å². The molecule has 1 fully saturated rings. The van der Waals surface area contributed by atoms with Gasteiger partial charge in [0.1, 0.15) is 0 Å². The SMILES string of the molecule is CCNC1CCC(N(C)CCO)CC1. The molecule has 3 nitrogen and oxygen atoms in total. The van der Waals surface area contributed by atoms with Gasteiger partial charge in [-0.1, -0.05) is 6.92 Å². The maximum atomic E-state index is 8.85. The van der Waals surface area contributed by atoms with Crippen LogP contribution in [-0.4, -0.2) is 48.8 Å². The Morgan fingerprint density at radius 3 is 2.43 bits per heavy atom. The highest BCUT2D eigenvalue weighted by Crippen LogP contribution is 2.21. The van der Waals surface area contributed by atoms with Crippen molar-refractivity contribution in [1.82, 2.24) is 10.2 Å². The molecular weight excluding hydrogens is 176 g/mol. The molecule has 0 spiro atoms. The smallest absolute Gasteiger partial charge is 0.0558 e. The average molecular weight is 200 g/mol. The van der Waals surface area contributed by atoms with E-state index in [0.717, 1.165) is 19.1 Å². The van der Waals surface area contributed by atoms with Crippen molar-refractivity contribution in [2.24, 2.45) is 0 Å². The van der Waals surface area contributed by atoms with Gasteiger partial charge in [-0.05, 0) is 39.3 Å². The minimum absolute atomic E-state index is 0.281. The standard InChI is InChI=1S/C11H24N2O/c1-3-12-10-4-6-11(7-5-10)13(2)8-9-14/h10-12,14H,3-9H2,1-2H3. The van der Waals surface area contributed by atoms with Crippen molar-refractivity contribution in [3.05, 3.63) is 0 Å². The molecule has 1 rings (SSSR count). The Labute approximate surface area is 87.5 Å². The van der Waals surface area contributed by atoms with Gasteiger partial charge in [-0.25, -0.2) is 0 Å². The second-order valence-electron chi connectivity index (χ2n) is 4.27. The second kappa shape index (κ2) is 6.38. The van der Waals surface area contributed by atoms with Gasteiger partial charge < -0.3 is 15.3 Å². The Hall–Kier alpha value is -0.120. The monoisotopic (exact) mass is 200 g/mol. The van der Waals surface area contributed by atoms with Crippen molar-refractivity contribution in [2.75, 3.05) is 26.7 Å². The lowest BCUT2D eigenvalue weighted by atomic mass is 9.90. The van der Waals surface area contributed by atoms with E-state index in [1.807, 2.05) is 0 Å². The number of hydrogen-bond donors (Lipinski definition) is 2. The van der Waals surface area contributed by atoms with Crippen molar-refractivity contribution in [2.45, 2.75) is 44.7 Å². The third-order valence-electron chi connectivity index (χ3n) is 3.27. The van der Waals surface area contributed by atoms with Gasteiger partial charge >= 0.3 is 0 Å². The topological polar surface area (TPSA) is 35.5 Å². The molecule has 1 aliphatic rings. The van der Waals surface area contributed by atoms with Crippen LogP contribution in [0.4, 0.5) is 0 Å². The lowest BCUT2D eigenvalue weighted by molar-refractivity contribution is 0.142. The van der Waals surface area contributed by atoms with Crippen LogP contribution in [0.5, 0.6) is 0 Å². The molecule has 0 aromatic rings. The van der Waals surface area contributed by atoms with E-state index in [1.54, 1.807) is 0 Å². The van der Waals surface area contributed by atoms with Crippen LogP contribution < -0.4 is 5.32 Å². The minimum Gasteiger partial charge on any atom is -0.395 e. The largest absolute Gasteiger partial charge is 0.395 e. The molecule has 84 valence electrons. The number of aliphatic hydroxyl groups is 1. The zero-order valence-electron chi connectivity index (χ0n) is 9.50. The molecule has 1 saturated carbocycles. The molecule has 0 unspecified atom stereocenters. The van der Waals surface area contributed by atoms with E-state index >= 15 is 0 Å². The average Bonchev–Trinajstić information content (AvgIpc) is 2.20. The van der Waals surface area contributed by atoms with Crippen LogP contribution in [0.2, 0.25) is 0 Å². The van der Waals surface area contributed by atoms with Gasteiger partial charge in [0.15, 0.2) is 0 Å². The number of nitrogens with zero attached hydrogens (tertiary/aromatic N) is 1. The minimum atomic E-state index is 0.281. The number of rotatable bonds is 5. The fourth-order valence-electron chi connectivity index (χ4n) is 2.35. The lowest BCUT2D eigenvalue weighted by Gasteiger charge is -2.34. The first-order chi connectivity index (χ1) is 6.77. The van der Waals surface area contributed by atoms with E-state index in [9.17, 15) is 0 Å². The summed E-state index contributed by atoms with van der Waals surface area (Å²) in [5.74, 6) is 0. The van der Waals surface area contributed by atoms with E-state index in [2.05, 4.69) is 24.2 Å². The third-order valence-corrected chi connectivity index (χ3v) is 3.27. The maximum absolute atomic E-state index is 8.85. The van der Waals surface area contributed by atoms with Crippen LogP contribution in [0, 0.1) is 0 Å². The third kappa shape index (κ3) is 3.56. The summed E-state index contributed by atoms with van der Waals surface area (Å²) in [6, 6.07) is 1.43. The van der Waals surface area contributed by atoms with E-state index in [1.165, 1.54) is 25.7 Å². The molecule has 14 heavy (non-hydrogen) atoms. The summed E-state index contributed by atoms with van der Waals surface area (Å²) < 4.78 is 0. The van der Waals surface area contributed by atoms with Crippen molar-refractivity contribution in [3.63, 3.8) is 0 Å². The molecule has 2 N–H and O–H groups in total. The zero-order chi connectivity index (χ0) is 10.4. The normalized spacial score (nSPS) is 28.3. The van der Waals surface area contributed by atoms with Gasteiger partial charge in [-0.15, -0.1) is 0 Å². The summed E-state index contributed by atoms with van der Waals surface area (Å²) in [6.07, 6.45) is 5.12.